The lowest BCUT2D eigenvalue weighted by Gasteiger charge is -2.24. The third kappa shape index (κ3) is 5.61. The quantitative estimate of drug-likeness (QED) is 0.474. The molecule has 2 atom stereocenters. The number of ether oxygens (including phenoxy) is 1. The highest BCUT2D eigenvalue weighted by molar-refractivity contribution is 7.92. The van der Waals surface area contributed by atoms with Crippen LogP contribution in [0.2, 0.25) is 0 Å². The fraction of sp³-hybridized carbons (Fsp3) is 0.364. The molecule has 2 aromatic carbocycles. The standard InChI is InChI=1S/C22H28N4O3S2/c1-4-7-19(23)21(31(27,28)18-12-10-17(29-3)11-13-18)25-22-24-20(26-30-22)14-16-9-6-5-8-15(16)2/h5-6,8-13,19,21H,4,7,14,23H2,1-3H3,(H,24,25,26). The van der Waals surface area contributed by atoms with Crippen LogP contribution in [0.3, 0.4) is 0 Å². The lowest BCUT2D eigenvalue weighted by molar-refractivity contribution is 0.414. The van der Waals surface area contributed by atoms with Crippen molar-refractivity contribution in [3.05, 3.63) is 65.5 Å². The van der Waals surface area contributed by atoms with Crippen molar-refractivity contribution < 1.29 is 13.2 Å². The van der Waals surface area contributed by atoms with E-state index in [9.17, 15) is 8.42 Å². The monoisotopic (exact) mass is 460 g/mol. The molecule has 0 aliphatic rings. The number of hydrogen-bond donors (Lipinski definition) is 2. The van der Waals surface area contributed by atoms with Gasteiger partial charge in [0.15, 0.2) is 5.37 Å². The van der Waals surface area contributed by atoms with Gasteiger partial charge >= 0.3 is 0 Å². The van der Waals surface area contributed by atoms with E-state index in [0.29, 0.717) is 29.5 Å². The van der Waals surface area contributed by atoms with Crippen LogP contribution in [0.1, 0.15) is 36.7 Å². The van der Waals surface area contributed by atoms with E-state index in [1.54, 1.807) is 12.1 Å². The summed E-state index contributed by atoms with van der Waals surface area (Å²) in [5, 5.41) is 2.48. The maximum Gasteiger partial charge on any atom is 0.203 e. The van der Waals surface area contributed by atoms with Gasteiger partial charge in [0.25, 0.3) is 0 Å². The third-order valence-corrected chi connectivity index (χ3v) is 7.83. The van der Waals surface area contributed by atoms with Gasteiger partial charge in [-0.3, -0.25) is 0 Å². The van der Waals surface area contributed by atoms with Gasteiger partial charge in [-0.05, 0) is 48.7 Å². The SMILES string of the molecule is CCCC(N)C(Nc1nc(Cc2ccccc2C)ns1)S(=O)(=O)c1ccc(OC)cc1. The second kappa shape index (κ2) is 10.2. The second-order valence-electron chi connectivity index (χ2n) is 7.36. The van der Waals surface area contributed by atoms with Gasteiger partial charge in [0.05, 0.1) is 12.0 Å². The minimum absolute atomic E-state index is 0.182. The van der Waals surface area contributed by atoms with Crippen molar-refractivity contribution in [3.8, 4) is 5.75 Å². The smallest absolute Gasteiger partial charge is 0.203 e. The van der Waals surface area contributed by atoms with Crippen molar-refractivity contribution in [3.63, 3.8) is 0 Å². The van der Waals surface area contributed by atoms with E-state index in [1.165, 1.54) is 19.2 Å². The van der Waals surface area contributed by atoms with Gasteiger partial charge in [0.2, 0.25) is 15.0 Å². The molecule has 1 heterocycles. The Morgan fingerprint density at radius 1 is 1.16 bits per heavy atom. The molecular weight excluding hydrogens is 432 g/mol. The molecule has 0 spiro atoms. The Labute approximate surface area is 187 Å². The summed E-state index contributed by atoms with van der Waals surface area (Å²) >= 11 is 1.14. The normalized spacial score (nSPS) is 13.5. The molecule has 1 aromatic heterocycles. The van der Waals surface area contributed by atoms with E-state index in [-0.39, 0.29) is 4.90 Å². The first-order valence-electron chi connectivity index (χ1n) is 10.1. The number of aryl methyl sites for hydroxylation is 1. The first-order valence-corrected chi connectivity index (χ1v) is 12.4. The zero-order valence-corrected chi connectivity index (χ0v) is 19.5. The lowest BCUT2D eigenvalue weighted by Crippen LogP contribution is -2.45. The van der Waals surface area contributed by atoms with E-state index < -0.39 is 21.3 Å². The molecule has 0 bridgehead atoms. The van der Waals surface area contributed by atoms with Crippen LogP contribution in [0.5, 0.6) is 5.75 Å². The molecule has 3 N–H and O–H groups in total. The summed E-state index contributed by atoms with van der Waals surface area (Å²) in [6.07, 6.45) is 1.91. The van der Waals surface area contributed by atoms with Crippen LogP contribution >= 0.6 is 11.5 Å². The second-order valence-corrected chi connectivity index (χ2v) is 10.2. The summed E-state index contributed by atoms with van der Waals surface area (Å²) in [4.78, 5) is 4.70. The molecule has 0 amide bonds. The van der Waals surface area contributed by atoms with Crippen molar-refractivity contribution in [2.45, 2.75) is 49.4 Å². The Hall–Kier alpha value is -2.49. The Morgan fingerprint density at radius 2 is 1.87 bits per heavy atom. The maximum atomic E-state index is 13.4. The molecule has 0 saturated heterocycles. The fourth-order valence-electron chi connectivity index (χ4n) is 3.30. The van der Waals surface area contributed by atoms with E-state index in [2.05, 4.69) is 14.7 Å². The molecule has 0 aliphatic heterocycles. The lowest BCUT2D eigenvalue weighted by atomic mass is 10.1. The minimum Gasteiger partial charge on any atom is -0.497 e. The van der Waals surface area contributed by atoms with Crippen molar-refractivity contribution in [1.29, 1.82) is 0 Å². The average molecular weight is 461 g/mol. The van der Waals surface area contributed by atoms with Crippen molar-refractivity contribution in [2.75, 3.05) is 12.4 Å². The highest BCUT2D eigenvalue weighted by Crippen LogP contribution is 2.25. The maximum absolute atomic E-state index is 13.4. The number of nitrogens with one attached hydrogen (secondary N) is 1. The molecule has 3 rings (SSSR count). The predicted molar refractivity (Wildman–Crippen MR) is 124 cm³/mol. The number of aromatic nitrogens is 2. The number of rotatable bonds is 10. The molecular formula is C22H28N4O3S2. The number of nitrogens with two attached hydrogens (primary N) is 1. The Kier molecular flexibility index (Phi) is 7.64. The van der Waals surface area contributed by atoms with Gasteiger partial charge in [-0.2, -0.15) is 4.37 Å². The summed E-state index contributed by atoms with van der Waals surface area (Å²) in [5.41, 5.74) is 8.60. The van der Waals surface area contributed by atoms with Crippen LogP contribution in [0, 0.1) is 6.92 Å². The minimum atomic E-state index is -3.75. The largest absolute Gasteiger partial charge is 0.497 e. The third-order valence-electron chi connectivity index (χ3n) is 5.08. The van der Waals surface area contributed by atoms with Gasteiger partial charge in [-0.1, -0.05) is 37.6 Å². The van der Waals surface area contributed by atoms with Crippen LogP contribution in [0.15, 0.2) is 53.4 Å². The summed E-state index contributed by atoms with van der Waals surface area (Å²) in [5.74, 6) is 1.23. The number of nitrogens with zero attached hydrogens (tertiary/aromatic N) is 2. The highest BCUT2D eigenvalue weighted by Gasteiger charge is 2.33. The van der Waals surface area contributed by atoms with Crippen molar-refractivity contribution >= 4 is 26.5 Å². The van der Waals surface area contributed by atoms with Crippen LogP contribution in [0.4, 0.5) is 5.13 Å². The zero-order chi connectivity index (χ0) is 22.4. The first kappa shape index (κ1) is 23.2. The van der Waals surface area contributed by atoms with E-state index in [4.69, 9.17) is 10.5 Å². The molecule has 31 heavy (non-hydrogen) atoms. The molecule has 166 valence electrons. The summed E-state index contributed by atoms with van der Waals surface area (Å²) in [6.45, 7) is 4.02. The molecule has 2 unspecified atom stereocenters. The number of sulfone groups is 1. The number of methoxy groups -OCH3 is 1. The summed E-state index contributed by atoms with van der Waals surface area (Å²) in [6, 6.07) is 13.8. The predicted octanol–water partition coefficient (Wildman–Crippen LogP) is 3.79. The number of hydrogen-bond acceptors (Lipinski definition) is 8. The Morgan fingerprint density at radius 3 is 2.52 bits per heavy atom. The molecule has 0 fully saturated rings. The topological polar surface area (TPSA) is 107 Å². The van der Waals surface area contributed by atoms with Crippen LogP contribution in [-0.4, -0.2) is 36.3 Å². The highest BCUT2D eigenvalue weighted by atomic mass is 32.2. The molecule has 0 saturated carbocycles. The van der Waals surface area contributed by atoms with Gasteiger partial charge in [-0.15, -0.1) is 0 Å². The van der Waals surface area contributed by atoms with E-state index in [0.717, 1.165) is 29.1 Å². The first-order chi connectivity index (χ1) is 14.8. The van der Waals surface area contributed by atoms with Crippen LogP contribution in [-0.2, 0) is 16.3 Å². The van der Waals surface area contributed by atoms with Crippen LogP contribution < -0.4 is 15.8 Å². The molecule has 3 aromatic rings. The Bertz CT molecular complexity index is 1100. The van der Waals surface area contributed by atoms with Crippen molar-refractivity contribution in [1.82, 2.24) is 9.36 Å². The molecule has 7 nitrogen and oxygen atoms in total. The average Bonchev–Trinajstić information content (AvgIpc) is 3.21. The van der Waals surface area contributed by atoms with Gasteiger partial charge in [-0.25, -0.2) is 13.4 Å². The molecule has 0 radical (unpaired) electrons. The van der Waals surface area contributed by atoms with Gasteiger partial charge in [0, 0.05) is 24.0 Å². The summed E-state index contributed by atoms with van der Waals surface area (Å²) < 4.78 is 36.3. The number of benzene rings is 2. The van der Waals surface area contributed by atoms with E-state index in [1.807, 2.05) is 38.1 Å². The van der Waals surface area contributed by atoms with Gasteiger partial charge in [0.1, 0.15) is 11.6 Å². The van der Waals surface area contributed by atoms with Crippen LogP contribution in [0.25, 0.3) is 0 Å². The van der Waals surface area contributed by atoms with Gasteiger partial charge < -0.3 is 15.8 Å². The van der Waals surface area contributed by atoms with Crippen molar-refractivity contribution in [2.24, 2.45) is 5.73 Å². The molecule has 9 heteroatoms. The summed E-state index contributed by atoms with van der Waals surface area (Å²) in [7, 11) is -2.22. The zero-order valence-electron chi connectivity index (χ0n) is 17.9. The number of anilines is 1. The fourth-order valence-corrected chi connectivity index (χ4v) is 5.67. The molecule has 0 aliphatic carbocycles. The van der Waals surface area contributed by atoms with E-state index >= 15 is 0 Å². The Balaban J connectivity index is 1.84.